The molecular weight excluding hydrogens is 338 g/mol. The van der Waals surface area contributed by atoms with Gasteiger partial charge < -0.3 is 11.1 Å². The molecule has 2 rings (SSSR count). The summed E-state index contributed by atoms with van der Waals surface area (Å²) in [6, 6.07) is 9.28. The van der Waals surface area contributed by atoms with Crippen molar-refractivity contribution in [1.82, 2.24) is 5.32 Å². The molecule has 0 spiro atoms. The molecule has 6 heteroatoms. The van der Waals surface area contributed by atoms with Crippen molar-refractivity contribution < 1.29 is 4.79 Å². The molecule has 0 saturated carbocycles. The molecule has 0 radical (unpaired) electrons. The van der Waals surface area contributed by atoms with E-state index in [9.17, 15) is 4.79 Å². The summed E-state index contributed by atoms with van der Waals surface area (Å²) in [6.07, 6.45) is 0. The van der Waals surface area contributed by atoms with Crippen LogP contribution in [0.5, 0.6) is 0 Å². The van der Waals surface area contributed by atoms with E-state index in [4.69, 9.17) is 11.0 Å². The number of nitrogens with one attached hydrogen (secondary N) is 1. The maximum Gasteiger partial charge on any atom is 0.263 e. The van der Waals surface area contributed by atoms with E-state index in [-0.39, 0.29) is 5.91 Å². The fourth-order valence-electron chi connectivity index (χ4n) is 1.72. The van der Waals surface area contributed by atoms with Crippen LogP contribution in [0.3, 0.4) is 0 Å². The standard InChI is InChI=1S/C14H12BrN3OS/c15-5-11-8-20-13(12(11)17)14(19)18-7-10-4-2-1-3-9(10)6-16/h1-4,8H,5,7,17H2,(H,18,19). The minimum absolute atomic E-state index is 0.215. The number of anilines is 1. The summed E-state index contributed by atoms with van der Waals surface area (Å²) < 4.78 is 0. The van der Waals surface area contributed by atoms with E-state index in [1.165, 1.54) is 11.3 Å². The number of carbonyl (C=O) groups is 1. The number of nitrogens with two attached hydrogens (primary N) is 1. The fraction of sp³-hybridized carbons (Fsp3) is 0.143. The number of thiophene rings is 1. The lowest BCUT2D eigenvalue weighted by Gasteiger charge is -2.06. The zero-order chi connectivity index (χ0) is 14.5. The number of carbonyl (C=O) groups excluding carboxylic acids is 1. The van der Waals surface area contributed by atoms with Gasteiger partial charge in [-0.15, -0.1) is 11.3 Å². The smallest absolute Gasteiger partial charge is 0.263 e. The molecule has 0 aliphatic carbocycles. The molecule has 0 bridgehead atoms. The van der Waals surface area contributed by atoms with Crippen molar-refractivity contribution in [2.24, 2.45) is 0 Å². The van der Waals surface area contributed by atoms with E-state index in [2.05, 4.69) is 27.3 Å². The summed E-state index contributed by atoms with van der Waals surface area (Å²) in [4.78, 5) is 12.6. The third-order valence-electron chi connectivity index (χ3n) is 2.84. The number of nitrogens with zero attached hydrogens (tertiary/aromatic N) is 1. The number of halogens is 1. The molecule has 0 aliphatic heterocycles. The Balaban J connectivity index is 2.09. The summed E-state index contributed by atoms with van der Waals surface area (Å²) in [5.74, 6) is -0.215. The normalized spacial score (nSPS) is 10.0. The molecule has 1 aromatic carbocycles. The first-order chi connectivity index (χ1) is 9.67. The van der Waals surface area contributed by atoms with Gasteiger partial charge in [0.25, 0.3) is 5.91 Å². The van der Waals surface area contributed by atoms with E-state index < -0.39 is 0 Å². The first kappa shape index (κ1) is 14.6. The van der Waals surface area contributed by atoms with E-state index >= 15 is 0 Å². The van der Waals surface area contributed by atoms with Crippen LogP contribution in [-0.2, 0) is 11.9 Å². The third-order valence-corrected chi connectivity index (χ3v) is 4.48. The quantitative estimate of drug-likeness (QED) is 0.832. The van der Waals surface area contributed by atoms with Crippen molar-refractivity contribution in [3.8, 4) is 6.07 Å². The first-order valence-electron chi connectivity index (χ1n) is 5.85. The Labute approximate surface area is 129 Å². The number of amides is 1. The summed E-state index contributed by atoms with van der Waals surface area (Å²) in [7, 11) is 0. The predicted octanol–water partition coefficient (Wildman–Crippen LogP) is 3.03. The molecule has 102 valence electrons. The van der Waals surface area contributed by atoms with Crippen molar-refractivity contribution in [2.45, 2.75) is 11.9 Å². The van der Waals surface area contributed by atoms with Crippen LogP contribution in [0.2, 0.25) is 0 Å². The SMILES string of the molecule is N#Cc1ccccc1CNC(=O)c1scc(CBr)c1N. The number of alkyl halides is 1. The molecular formula is C14H12BrN3OS. The molecule has 1 aromatic heterocycles. The largest absolute Gasteiger partial charge is 0.397 e. The number of rotatable bonds is 4. The van der Waals surface area contributed by atoms with Gasteiger partial charge in [-0.3, -0.25) is 4.79 Å². The monoisotopic (exact) mass is 349 g/mol. The highest BCUT2D eigenvalue weighted by Crippen LogP contribution is 2.27. The molecule has 20 heavy (non-hydrogen) atoms. The molecule has 1 amide bonds. The summed E-state index contributed by atoms with van der Waals surface area (Å²) >= 11 is 4.65. The van der Waals surface area contributed by atoms with Crippen LogP contribution in [0.15, 0.2) is 29.6 Å². The maximum absolute atomic E-state index is 12.1. The van der Waals surface area contributed by atoms with Crippen LogP contribution < -0.4 is 11.1 Å². The Morgan fingerprint density at radius 1 is 1.40 bits per heavy atom. The van der Waals surface area contributed by atoms with E-state index in [1.807, 2.05) is 17.5 Å². The van der Waals surface area contributed by atoms with Gasteiger partial charge in [0.15, 0.2) is 0 Å². The molecule has 2 aromatic rings. The van der Waals surface area contributed by atoms with E-state index in [0.717, 1.165) is 11.1 Å². The minimum atomic E-state index is -0.215. The Morgan fingerprint density at radius 2 is 2.15 bits per heavy atom. The van der Waals surface area contributed by atoms with Gasteiger partial charge in [-0.2, -0.15) is 5.26 Å². The van der Waals surface area contributed by atoms with Crippen LogP contribution in [0.4, 0.5) is 5.69 Å². The van der Waals surface area contributed by atoms with Gasteiger partial charge in [0.05, 0.1) is 17.3 Å². The van der Waals surface area contributed by atoms with Gasteiger partial charge in [0.1, 0.15) is 4.88 Å². The second kappa shape index (κ2) is 6.55. The third kappa shape index (κ3) is 3.00. The van der Waals surface area contributed by atoms with Crippen LogP contribution in [0, 0.1) is 11.3 Å². The van der Waals surface area contributed by atoms with Gasteiger partial charge in [-0.05, 0) is 22.6 Å². The molecule has 0 aliphatic rings. The molecule has 4 nitrogen and oxygen atoms in total. The summed E-state index contributed by atoms with van der Waals surface area (Å²) in [6.45, 7) is 0.309. The minimum Gasteiger partial charge on any atom is -0.397 e. The van der Waals surface area contributed by atoms with E-state index in [1.54, 1.807) is 12.1 Å². The highest BCUT2D eigenvalue weighted by atomic mass is 79.9. The molecule has 3 N–H and O–H groups in total. The Morgan fingerprint density at radius 3 is 2.80 bits per heavy atom. The molecule has 0 unspecified atom stereocenters. The number of nitrogen functional groups attached to an aromatic ring is 1. The van der Waals surface area contributed by atoms with Gasteiger partial charge in [-0.25, -0.2) is 0 Å². The highest BCUT2D eigenvalue weighted by molar-refractivity contribution is 9.08. The Bertz CT molecular complexity index is 675. The lowest BCUT2D eigenvalue weighted by atomic mass is 10.1. The van der Waals surface area contributed by atoms with Crippen molar-refractivity contribution in [3.05, 3.63) is 51.2 Å². The zero-order valence-corrected chi connectivity index (χ0v) is 12.9. The lowest BCUT2D eigenvalue weighted by molar-refractivity contribution is 0.0955. The number of hydrogen-bond donors (Lipinski definition) is 2. The Hall–Kier alpha value is -1.84. The van der Waals surface area contributed by atoms with Gasteiger partial charge in [0, 0.05) is 11.9 Å². The average molecular weight is 350 g/mol. The molecule has 0 atom stereocenters. The van der Waals surface area contributed by atoms with Crippen molar-refractivity contribution >= 4 is 38.9 Å². The number of hydrogen-bond acceptors (Lipinski definition) is 4. The molecule has 0 saturated heterocycles. The number of benzene rings is 1. The highest BCUT2D eigenvalue weighted by Gasteiger charge is 2.15. The molecule has 1 heterocycles. The van der Waals surface area contributed by atoms with Crippen molar-refractivity contribution in [1.29, 1.82) is 5.26 Å². The summed E-state index contributed by atoms with van der Waals surface area (Å²) in [5.41, 5.74) is 8.69. The predicted molar refractivity (Wildman–Crippen MR) is 83.7 cm³/mol. The molecule has 0 fully saturated rings. The van der Waals surface area contributed by atoms with E-state index in [0.29, 0.717) is 28.0 Å². The number of nitriles is 1. The summed E-state index contributed by atoms with van der Waals surface area (Å²) in [5, 5.41) is 14.3. The lowest BCUT2D eigenvalue weighted by Crippen LogP contribution is -2.23. The Kier molecular flexibility index (Phi) is 4.77. The van der Waals surface area contributed by atoms with Gasteiger partial charge in [-0.1, -0.05) is 34.1 Å². The van der Waals surface area contributed by atoms with Gasteiger partial charge in [0.2, 0.25) is 0 Å². The second-order valence-electron chi connectivity index (χ2n) is 4.09. The average Bonchev–Trinajstić information content (AvgIpc) is 2.86. The van der Waals surface area contributed by atoms with Crippen LogP contribution in [-0.4, -0.2) is 5.91 Å². The first-order valence-corrected chi connectivity index (χ1v) is 7.85. The topological polar surface area (TPSA) is 78.9 Å². The van der Waals surface area contributed by atoms with Crippen LogP contribution in [0.25, 0.3) is 0 Å². The zero-order valence-electron chi connectivity index (χ0n) is 10.5. The van der Waals surface area contributed by atoms with Crippen LogP contribution >= 0.6 is 27.3 Å². The van der Waals surface area contributed by atoms with Crippen LogP contribution in [0.1, 0.15) is 26.4 Å². The van der Waals surface area contributed by atoms with Crippen molar-refractivity contribution in [3.63, 3.8) is 0 Å². The second-order valence-corrected chi connectivity index (χ2v) is 5.53. The fourth-order valence-corrected chi connectivity index (χ4v) is 3.31. The van der Waals surface area contributed by atoms with Crippen molar-refractivity contribution in [2.75, 3.05) is 5.73 Å². The van der Waals surface area contributed by atoms with Gasteiger partial charge >= 0.3 is 0 Å². The maximum atomic E-state index is 12.1.